The van der Waals surface area contributed by atoms with Crippen molar-refractivity contribution in [2.75, 3.05) is 13.3 Å². The minimum atomic E-state index is -4.92. The quantitative estimate of drug-likeness (QED) is 0.103. The molecule has 46 heavy (non-hydrogen) atoms. The molecule has 0 spiro atoms. The first-order valence-electron chi connectivity index (χ1n) is 15.4. The fourth-order valence-corrected chi connectivity index (χ4v) is 10.2. The summed E-state index contributed by atoms with van der Waals surface area (Å²) >= 11 is 0. The second kappa shape index (κ2) is 17.0. The molecule has 1 atom stereocenters. The van der Waals surface area contributed by atoms with E-state index in [2.05, 4.69) is 162 Å². The Morgan fingerprint density at radius 1 is 0.891 bits per heavy atom. The number of hydrogen-bond donors (Lipinski definition) is 1. The van der Waals surface area contributed by atoms with Gasteiger partial charge in [-0.1, -0.05) is 116 Å². The van der Waals surface area contributed by atoms with Crippen molar-refractivity contribution in [2.45, 2.75) is 53.6 Å². The Balaban J connectivity index is 0.00000107. The van der Waals surface area contributed by atoms with Gasteiger partial charge in [0.15, 0.2) is 0 Å². The molecular weight excluding hydrogens is 611 g/mol. The molecule has 0 aliphatic heterocycles. The van der Waals surface area contributed by atoms with Crippen molar-refractivity contribution in [2.24, 2.45) is 5.41 Å². The van der Waals surface area contributed by atoms with Crippen LogP contribution in [0.25, 0.3) is 0 Å². The lowest BCUT2D eigenvalue weighted by Crippen LogP contribution is -2.33. The highest BCUT2D eigenvalue weighted by atomic mass is 32.3. The van der Waals surface area contributed by atoms with Crippen LogP contribution in [0.3, 0.4) is 0 Å². The molecule has 0 amide bonds. The second-order valence-electron chi connectivity index (χ2n) is 12.3. The first-order chi connectivity index (χ1) is 21.8. The van der Waals surface area contributed by atoms with Crippen molar-refractivity contribution in [3.05, 3.63) is 150 Å². The molecule has 0 radical (unpaired) electrons. The van der Waals surface area contributed by atoms with Crippen LogP contribution in [0.4, 0.5) is 0 Å². The van der Waals surface area contributed by atoms with Gasteiger partial charge in [0.25, 0.3) is 0 Å². The van der Waals surface area contributed by atoms with Crippen LogP contribution in [0.15, 0.2) is 150 Å². The Morgan fingerprint density at radius 2 is 1.35 bits per heavy atom. The molecule has 0 fully saturated rings. The van der Waals surface area contributed by atoms with Crippen LogP contribution < -0.4 is 15.9 Å². The van der Waals surface area contributed by atoms with Gasteiger partial charge in [-0.25, -0.2) is 8.42 Å². The molecule has 5 nitrogen and oxygen atoms in total. The van der Waals surface area contributed by atoms with Crippen LogP contribution in [-0.2, 0) is 15.1 Å². The summed E-state index contributed by atoms with van der Waals surface area (Å²) in [5.41, 5.74) is 5.54. The van der Waals surface area contributed by atoms with E-state index in [0.29, 0.717) is 6.10 Å². The molecule has 3 aromatic carbocycles. The van der Waals surface area contributed by atoms with E-state index in [1.54, 1.807) is 0 Å². The summed E-state index contributed by atoms with van der Waals surface area (Å²) in [6.07, 6.45) is 17.0. The SMILES string of the molecule is COC1CC(C)=C(C=CC(C)=CC=CC(C)=CC[P+](c2ccccc2)(c2ccccc2)c2ccccc2)C(C)(C)C1.O=S(=O)([O-])O. The maximum absolute atomic E-state index is 8.63. The molecule has 1 unspecified atom stereocenters. The van der Waals surface area contributed by atoms with Crippen LogP contribution >= 0.6 is 7.26 Å². The molecule has 3 aromatic rings. The Hall–Kier alpha value is -3.38. The molecule has 0 heterocycles. The summed E-state index contributed by atoms with van der Waals surface area (Å²) in [6, 6.07) is 33.3. The van der Waals surface area contributed by atoms with E-state index in [9.17, 15) is 0 Å². The monoisotopic (exact) mass is 658 g/mol. The highest BCUT2D eigenvalue weighted by Crippen LogP contribution is 2.55. The normalized spacial score (nSPS) is 17.7. The van der Waals surface area contributed by atoms with Gasteiger partial charge in [-0.3, -0.25) is 4.55 Å². The first-order valence-corrected chi connectivity index (χ1v) is 18.8. The molecule has 0 bridgehead atoms. The van der Waals surface area contributed by atoms with Crippen LogP contribution in [0.1, 0.15) is 47.5 Å². The van der Waals surface area contributed by atoms with Crippen molar-refractivity contribution in [1.82, 2.24) is 0 Å². The lowest BCUT2D eigenvalue weighted by Gasteiger charge is -2.37. The summed E-state index contributed by atoms with van der Waals surface area (Å²) < 4.78 is 38.5. The zero-order chi connectivity index (χ0) is 33.8. The standard InChI is InChI=1S/C39H46OP.H2O4S/c1-31(25-26-38-33(3)29-34(40-6)30-39(38,4)5)17-16-18-32(2)27-28-41(35-19-10-7-11-20-35,36-21-12-8-13-22-36)37-23-14-9-15-24-37;1-5(2,3)4/h7-27,34H,28-30H2,1-6H3;(H2,1,2,3,4)/q+1;/p-1. The predicted molar refractivity (Wildman–Crippen MR) is 195 cm³/mol. The molecule has 0 aromatic heterocycles. The van der Waals surface area contributed by atoms with Gasteiger partial charge in [0.2, 0.25) is 10.4 Å². The number of ether oxygens (including phenoxy) is 1. The maximum Gasteiger partial charge on any atom is 0.215 e. The highest BCUT2D eigenvalue weighted by Gasteiger charge is 2.44. The van der Waals surface area contributed by atoms with Crippen molar-refractivity contribution in [1.29, 1.82) is 0 Å². The van der Waals surface area contributed by atoms with Gasteiger partial charge >= 0.3 is 0 Å². The molecule has 4 rings (SSSR count). The minimum absolute atomic E-state index is 0.126. The molecule has 0 saturated carbocycles. The molecule has 7 heteroatoms. The Labute approximate surface area is 277 Å². The predicted octanol–water partition coefficient (Wildman–Crippen LogP) is 8.14. The number of rotatable bonds is 10. The van der Waals surface area contributed by atoms with Gasteiger partial charge in [-0.05, 0) is 87.1 Å². The van der Waals surface area contributed by atoms with Crippen LogP contribution in [0.2, 0.25) is 0 Å². The third-order valence-corrected chi connectivity index (χ3v) is 12.6. The summed E-state index contributed by atoms with van der Waals surface area (Å²) in [5, 5.41) is 4.25. The fraction of sp³-hybridized carbons (Fsp3) is 0.282. The van der Waals surface area contributed by atoms with Gasteiger partial charge in [0.05, 0.1) is 12.3 Å². The van der Waals surface area contributed by atoms with Crippen molar-refractivity contribution < 1.29 is 22.3 Å². The summed E-state index contributed by atoms with van der Waals surface area (Å²) in [7, 11) is -4.95. The first kappa shape index (κ1) is 37.1. The molecular formula is C39H47O5PS. The maximum atomic E-state index is 8.63. The number of allylic oxidation sites excluding steroid dienone is 9. The summed E-state index contributed by atoms with van der Waals surface area (Å²) in [6.45, 7) is 11.3. The van der Waals surface area contributed by atoms with Crippen molar-refractivity contribution in [3.8, 4) is 0 Å². The third-order valence-electron chi connectivity index (χ3n) is 8.30. The van der Waals surface area contributed by atoms with Crippen LogP contribution in [-0.4, -0.2) is 36.9 Å². The van der Waals surface area contributed by atoms with E-state index < -0.39 is 17.7 Å². The summed E-state index contributed by atoms with van der Waals surface area (Å²) in [5.74, 6) is 0. The molecule has 1 aliphatic rings. The summed E-state index contributed by atoms with van der Waals surface area (Å²) in [4.78, 5) is 0. The third kappa shape index (κ3) is 10.9. The Bertz CT molecular complexity index is 1570. The fourth-order valence-electron chi connectivity index (χ4n) is 6.10. The van der Waals surface area contributed by atoms with Gasteiger partial charge in [-0.15, -0.1) is 0 Å². The largest absolute Gasteiger partial charge is 0.726 e. The Kier molecular flexibility index (Phi) is 13.7. The molecule has 244 valence electrons. The minimum Gasteiger partial charge on any atom is -0.726 e. The van der Waals surface area contributed by atoms with E-state index in [-0.39, 0.29) is 5.41 Å². The van der Waals surface area contributed by atoms with Gasteiger partial charge in [0.1, 0.15) is 23.2 Å². The second-order valence-corrected chi connectivity index (χ2v) is 16.7. The average molecular weight is 659 g/mol. The molecule has 1 aliphatic carbocycles. The van der Waals surface area contributed by atoms with E-state index in [1.807, 2.05) is 7.11 Å². The van der Waals surface area contributed by atoms with Gasteiger partial charge in [-0.2, -0.15) is 0 Å². The molecule has 0 saturated heterocycles. The van der Waals surface area contributed by atoms with E-state index in [1.165, 1.54) is 38.2 Å². The zero-order valence-corrected chi connectivity index (χ0v) is 29.5. The van der Waals surface area contributed by atoms with Crippen molar-refractivity contribution >= 4 is 33.6 Å². The Morgan fingerprint density at radius 3 is 1.76 bits per heavy atom. The number of hydrogen-bond acceptors (Lipinski definition) is 4. The zero-order valence-electron chi connectivity index (χ0n) is 27.8. The van der Waals surface area contributed by atoms with Crippen LogP contribution in [0, 0.1) is 5.41 Å². The number of benzene rings is 3. The molecule has 1 N–H and O–H groups in total. The smallest absolute Gasteiger partial charge is 0.215 e. The number of methoxy groups -OCH3 is 1. The van der Waals surface area contributed by atoms with E-state index in [0.717, 1.165) is 19.0 Å². The van der Waals surface area contributed by atoms with E-state index >= 15 is 0 Å². The van der Waals surface area contributed by atoms with E-state index in [4.69, 9.17) is 22.3 Å². The van der Waals surface area contributed by atoms with Crippen LogP contribution in [0.5, 0.6) is 0 Å². The van der Waals surface area contributed by atoms with Gasteiger partial charge in [0, 0.05) is 7.11 Å². The van der Waals surface area contributed by atoms with Crippen molar-refractivity contribution in [3.63, 3.8) is 0 Å². The van der Waals surface area contributed by atoms with Gasteiger partial charge < -0.3 is 9.29 Å². The topological polar surface area (TPSA) is 86.7 Å². The highest BCUT2D eigenvalue weighted by molar-refractivity contribution is 7.95. The lowest BCUT2D eigenvalue weighted by molar-refractivity contribution is 0.0627. The average Bonchev–Trinajstić information content (AvgIpc) is 3.01. The lowest BCUT2D eigenvalue weighted by atomic mass is 9.71.